The van der Waals surface area contributed by atoms with E-state index in [1.54, 1.807) is 20.8 Å². The Morgan fingerprint density at radius 3 is 2.53 bits per heavy atom. The van der Waals surface area contributed by atoms with E-state index in [4.69, 9.17) is 5.73 Å². The van der Waals surface area contributed by atoms with Crippen molar-refractivity contribution in [1.82, 2.24) is 5.32 Å². The average molecular weight is 214 g/mol. The van der Waals surface area contributed by atoms with Gasteiger partial charge in [-0.15, -0.1) is 0 Å². The Morgan fingerprint density at radius 2 is 2.13 bits per heavy atom. The standard InChI is InChI=1S/C11H22N2O2/c1-7(14)11(2,3)13-10(15)6-9(12)8-4-5-8/h7-9,14H,4-6,12H2,1-3H3,(H,13,15). The predicted octanol–water partition coefficient (Wildman–Crippen LogP) is 0.389. The third-order valence-corrected chi connectivity index (χ3v) is 3.15. The van der Waals surface area contributed by atoms with Crippen molar-refractivity contribution in [3.05, 3.63) is 0 Å². The van der Waals surface area contributed by atoms with Crippen LogP contribution in [0.3, 0.4) is 0 Å². The molecule has 88 valence electrons. The van der Waals surface area contributed by atoms with E-state index in [1.807, 2.05) is 0 Å². The number of nitrogens with one attached hydrogen (secondary N) is 1. The normalized spacial score (nSPS) is 20.9. The van der Waals surface area contributed by atoms with E-state index in [9.17, 15) is 9.90 Å². The van der Waals surface area contributed by atoms with Crippen LogP contribution in [0.4, 0.5) is 0 Å². The van der Waals surface area contributed by atoms with Gasteiger partial charge in [-0.1, -0.05) is 0 Å². The van der Waals surface area contributed by atoms with Crippen molar-refractivity contribution in [2.45, 2.75) is 57.7 Å². The van der Waals surface area contributed by atoms with Crippen LogP contribution in [0.1, 0.15) is 40.0 Å². The Kier molecular flexibility index (Phi) is 3.73. The summed E-state index contributed by atoms with van der Waals surface area (Å²) in [6, 6.07) is -0.0187. The molecule has 1 aliphatic rings. The van der Waals surface area contributed by atoms with Crippen molar-refractivity contribution in [3.8, 4) is 0 Å². The van der Waals surface area contributed by atoms with Crippen LogP contribution in [0, 0.1) is 5.92 Å². The average Bonchev–Trinajstić information content (AvgIpc) is 2.83. The molecule has 0 spiro atoms. The van der Waals surface area contributed by atoms with Crippen LogP contribution < -0.4 is 11.1 Å². The van der Waals surface area contributed by atoms with Gasteiger partial charge >= 0.3 is 0 Å². The molecule has 1 fully saturated rings. The molecule has 1 rings (SSSR count). The SMILES string of the molecule is CC(O)C(C)(C)NC(=O)CC(N)C1CC1. The van der Waals surface area contributed by atoms with E-state index >= 15 is 0 Å². The molecule has 15 heavy (non-hydrogen) atoms. The summed E-state index contributed by atoms with van der Waals surface area (Å²) >= 11 is 0. The summed E-state index contributed by atoms with van der Waals surface area (Å²) in [5.74, 6) is 0.464. The maximum atomic E-state index is 11.6. The molecule has 1 amide bonds. The zero-order valence-electron chi connectivity index (χ0n) is 9.79. The van der Waals surface area contributed by atoms with E-state index in [1.165, 1.54) is 0 Å². The fourth-order valence-electron chi connectivity index (χ4n) is 1.42. The topological polar surface area (TPSA) is 75.3 Å². The molecule has 4 nitrogen and oxygen atoms in total. The van der Waals surface area contributed by atoms with Crippen molar-refractivity contribution in [2.24, 2.45) is 11.7 Å². The fourth-order valence-corrected chi connectivity index (χ4v) is 1.42. The number of rotatable bonds is 5. The molecule has 4 heteroatoms. The summed E-state index contributed by atoms with van der Waals surface area (Å²) < 4.78 is 0. The van der Waals surface area contributed by atoms with Crippen LogP contribution in [-0.2, 0) is 4.79 Å². The summed E-state index contributed by atoms with van der Waals surface area (Å²) in [5.41, 5.74) is 5.27. The molecular formula is C11H22N2O2. The molecule has 0 saturated heterocycles. The Morgan fingerprint density at radius 1 is 1.60 bits per heavy atom. The minimum absolute atomic E-state index is 0.0187. The van der Waals surface area contributed by atoms with Crippen LogP contribution in [0.15, 0.2) is 0 Å². The molecule has 0 aliphatic heterocycles. The summed E-state index contributed by atoms with van der Waals surface area (Å²) in [5, 5.41) is 12.2. The number of carbonyl (C=O) groups excluding carboxylic acids is 1. The molecule has 1 aliphatic carbocycles. The maximum Gasteiger partial charge on any atom is 0.222 e. The summed E-state index contributed by atoms with van der Waals surface area (Å²) in [6.45, 7) is 5.28. The number of nitrogens with two attached hydrogens (primary N) is 1. The van der Waals surface area contributed by atoms with Crippen LogP contribution in [-0.4, -0.2) is 28.7 Å². The Labute approximate surface area is 91.2 Å². The van der Waals surface area contributed by atoms with Crippen LogP contribution in [0.25, 0.3) is 0 Å². The second kappa shape index (κ2) is 4.49. The molecule has 4 N–H and O–H groups in total. The first-order valence-electron chi connectivity index (χ1n) is 5.57. The van der Waals surface area contributed by atoms with Crippen molar-refractivity contribution < 1.29 is 9.90 Å². The first-order chi connectivity index (χ1) is 6.83. The van der Waals surface area contributed by atoms with Gasteiger partial charge in [-0.25, -0.2) is 0 Å². The smallest absolute Gasteiger partial charge is 0.222 e. The van der Waals surface area contributed by atoms with E-state index < -0.39 is 11.6 Å². The second-order valence-electron chi connectivity index (χ2n) is 5.15. The number of aliphatic hydroxyl groups is 1. The van der Waals surface area contributed by atoms with Gasteiger partial charge in [-0.3, -0.25) is 4.79 Å². The van der Waals surface area contributed by atoms with Crippen molar-refractivity contribution >= 4 is 5.91 Å². The first-order valence-corrected chi connectivity index (χ1v) is 5.57. The third kappa shape index (κ3) is 3.80. The van der Waals surface area contributed by atoms with E-state index in [0.717, 1.165) is 12.8 Å². The molecular weight excluding hydrogens is 192 g/mol. The highest BCUT2D eigenvalue weighted by Crippen LogP contribution is 2.32. The zero-order valence-corrected chi connectivity index (χ0v) is 9.79. The predicted molar refractivity (Wildman–Crippen MR) is 59.2 cm³/mol. The van der Waals surface area contributed by atoms with Gasteiger partial charge in [0.1, 0.15) is 0 Å². The van der Waals surface area contributed by atoms with Gasteiger partial charge in [-0.2, -0.15) is 0 Å². The van der Waals surface area contributed by atoms with Gasteiger partial charge in [0.2, 0.25) is 5.91 Å². The van der Waals surface area contributed by atoms with Crippen LogP contribution >= 0.6 is 0 Å². The van der Waals surface area contributed by atoms with Crippen molar-refractivity contribution in [1.29, 1.82) is 0 Å². The molecule has 1 saturated carbocycles. The Balaban J connectivity index is 2.34. The van der Waals surface area contributed by atoms with E-state index in [2.05, 4.69) is 5.32 Å². The van der Waals surface area contributed by atoms with Crippen molar-refractivity contribution in [2.75, 3.05) is 0 Å². The molecule has 0 heterocycles. The summed E-state index contributed by atoms with van der Waals surface area (Å²) in [4.78, 5) is 11.6. The number of carbonyl (C=O) groups is 1. The molecule has 0 radical (unpaired) electrons. The second-order valence-corrected chi connectivity index (χ2v) is 5.15. The Hall–Kier alpha value is -0.610. The van der Waals surface area contributed by atoms with E-state index in [-0.39, 0.29) is 11.9 Å². The highest BCUT2D eigenvalue weighted by atomic mass is 16.3. The maximum absolute atomic E-state index is 11.6. The summed E-state index contributed by atoms with van der Waals surface area (Å²) in [6.07, 6.45) is 2.09. The number of hydrogen-bond acceptors (Lipinski definition) is 3. The van der Waals surface area contributed by atoms with Gasteiger partial charge in [0, 0.05) is 12.5 Å². The number of hydrogen-bond donors (Lipinski definition) is 3. The minimum Gasteiger partial charge on any atom is -0.391 e. The molecule has 0 aromatic carbocycles. The van der Waals surface area contributed by atoms with Crippen LogP contribution in [0.2, 0.25) is 0 Å². The molecule has 2 unspecified atom stereocenters. The molecule has 0 aromatic rings. The lowest BCUT2D eigenvalue weighted by Crippen LogP contribution is -2.52. The minimum atomic E-state index is -0.583. The lowest BCUT2D eigenvalue weighted by Gasteiger charge is -2.29. The third-order valence-electron chi connectivity index (χ3n) is 3.15. The van der Waals surface area contributed by atoms with Gasteiger partial charge in [0.25, 0.3) is 0 Å². The monoisotopic (exact) mass is 214 g/mol. The zero-order chi connectivity index (χ0) is 11.6. The summed E-state index contributed by atoms with van der Waals surface area (Å²) in [7, 11) is 0. The fraction of sp³-hybridized carbons (Fsp3) is 0.909. The highest BCUT2D eigenvalue weighted by molar-refractivity contribution is 5.77. The highest BCUT2D eigenvalue weighted by Gasteiger charge is 2.32. The molecule has 2 atom stereocenters. The number of amides is 1. The van der Waals surface area contributed by atoms with Gasteiger partial charge in [0.15, 0.2) is 0 Å². The van der Waals surface area contributed by atoms with Gasteiger partial charge in [-0.05, 0) is 39.5 Å². The van der Waals surface area contributed by atoms with Crippen molar-refractivity contribution in [3.63, 3.8) is 0 Å². The van der Waals surface area contributed by atoms with Gasteiger partial charge < -0.3 is 16.2 Å². The van der Waals surface area contributed by atoms with Crippen LogP contribution in [0.5, 0.6) is 0 Å². The lowest BCUT2D eigenvalue weighted by atomic mass is 9.98. The first kappa shape index (κ1) is 12.5. The molecule has 0 bridgehead atoms. The molecule has 0 aromatic heterocycles. The number of aliphatic hydroxyl groups excluding tert-OH is 1. The van der Waals surface area contributed by atoms with Gasteiger partial charge in [0.05, 0.1) is 11.6 Å². The largest absolute Gasteiger partial charge is 0.391 e. The Bertz CT molecular complexity index is 235. The van der Waals surface area contributed by atoms with E-state index in [0.29, 0.717) is 12.3 Å². The quantitative estimate of drug-likeness (QED) is 0.619. The lowest BCUT2D eigenvalue weighted by molar-refractivity contribution is -0.124.